The van der Waals surface area contributed by atoms with Gasteiger partial charge in [-0.05, 0) is 267 Å². The van der Waals surface area contributed by atoms with Crippen LogP contribution in [0.3, 0.4) is 0 Å². The molecular weight excluding hydrogens is 1520 g/mol. The second kappa shape index (κ2) is 32.1. The van der Waals surface area contributed by atoms with Gasteiger partial charge in [0.25, 0.3) is 0 Å². The molecule has 0 saturated heterocycles. The average Bonchev–Trinajstić information content (AvgIpc) is 1.56. The Morgan fingerprint density at radius 1 is 0.151 bits per heavy atom. The summed E-state index contributed by atoms with van der Waals surface area (Å²) < 4.78 is 4.88. The van der Waals surface area contributed by atoms with E-state index >= 15 is 0 Å². The molecule has 23 aromatic rings. The van der Waals surface area contributed by atoms with Crippen LogP contribution in [-0.4, -0.2) is 9.13 Å². The molecule has 2 aromatic heterocycles. The molecule has 0 bridgehead atoms. The summed E-state index contributed by atoms with van der Waals surface area (Å²) in [7, 11) is 0. The molecule has 0 aliphatic heterocycles. The van der Waals surface area contributed by atoms with Crippen molar-refractivity contribution in [2.45, 2.75) is 0 Å². The van der Waals surface area contributed by atoms with Crippen LogP contribution in [0.1, 0.15) is 0 Å². The quantitative estimate of drug-likeness (QED) is 0.0851. The summed E-state index contributed by atoms with van der Waals surface area (Å²) in [5.41, 5.74) is 35.7. The highest BCUT2D eigenvalue weighted by molar-refractivity contribution is 6.25. The maximum absolute atomic E-state index is 2.50. The Bertz CT molecular complexity index is 7980. The van der Waals surface area contributed by atoms with Gasteiger partial charge in [0.15, 0.2) is 0 Å². The lowest BCUT2D eigenvalue weighted by Crippen LogP contribution is -2.12. The van der Waals surface area contributed by atoms with Gasteiger partial charge in [0.05, 0.1) is 27.8 Å². The molecule has 21 aromatic carbocycles. The third-order valence-electron chi connectivity index (χ3n) is 25.1. The molecule has 0 aliphatic rings. The van der Waals surface area contributed by atoms with Crippen molar-refractivity contribution in [3.8, 4) is 123 Å². The molecule has 0 amide bonds. The number of para-hydroxylation sites is 5. The predicted molar refractivity (Wildman–Crippen MR) is 534 cm³/mol. The van der Waals surface area contributed by atoms with E-state index in [1.54, 1.807) is 0 Å². The van der Waals surface area contributed by atoms with E-state index in [0.717, 1.165) is 157 Å². The van der Waals surface area contributed by atoms with Gasteiger partial charge in [-0.25, -0.2) is 0 Å². The largest absolute Gasteiger partial charge is 0.310 e. The van der Waals surface area contributed by atoms with Gasteiger partial charge in [-0.1, -0.05) is 358 Å². The monoisotopic (exact) mass is 1600 g/mol. The fourth-order valence-corrected chi connectivity index (χ4v) is 19.4. The Morgan fingerprint density at radius 2 is 0.429 bits per heavy atom. The number of aromatic nitrogens is 2. The summed E-state index contributed by atoms with van der Waals surface area (Å²) in [5, 5.41) is 9.61. The molecule has 0 fully saturated rings. The van der Waals surface area contributed by atoms with E-state index in [2.05, 4.69) is 516 Å². The molecule has 4 heteroatoms. The fourth-order valence-electron chi connectivity index (χ4n) is 19.4. The Morgan fingerprint density at radius 3 is 0.857 bits per heavy atom. The Balaban J connectivity index is 0.673. The SMILES string of the molecule is c1ccc(-c2cc(-c3ccccc3)cc(N(c3cc(-c4ccccc4)cc(-c4cccc(-c5ccc(-c6cc(-c7ccccc7)cc(N(c7cccc(-c8c9ccccc9cc9c8c8ccccc8n9-c8ccccc8)c7)c7ccccc7-c7ccccc7)c6)cc5)c4)c3)c3cccc(-c4c5ccccc5cc5c4c4ccccc4n5-c4ccccc4)c3)c2)cc1. The molecular formula is C122H82N4. The van der Waals surface area contributed by atoms with Crippen LogP contribution < -0.4 is 9.80 Å². The lowest BCUT2D eigenvalue weighted by molar-refractivity contribution is 1.18. The van der Waals surface area contributed by atoms with Crippen molar-refractivity contribution in [1.29, 1.82) is 0 Å². The summed E-state index contributed by atoms with van der Waals surface area (Å²) in [6.45, 7) is 0. The minimum absolute atomic E-state index is 1.02. The van der Waals surface area contributed by atoms with Gasteiger partial charge < -0.3 is 18.9 Å². The lowest BCUT2D eigenvalue weighted by atomic mass is 9.92. The highest BCUT2D eigenvalue weighted by atomic mass is 15.2. The molecule has 4 nitrogen and oxygen atoms in total. The second-order valence-electron chi connectivity index (χ2n) is 32.7. The van der Waals surface area contributed by atoms with Gasteiger partial charge in [-0.2, -0.15) is 0 Å². The Hall–Kier alpha value is -16.7. The summed E-state index contributed by atoms with van der Waals surface area (Å²) in [4.78, 5) is 4.99. The van der Waals surface area contributed by atoms with Gasteiger partial charge in [-0.3, -0.25) is 0 Å². The zero-order valence-corrected chi connectivity index (χ0v) is 69.1. The topological polar surface area (TPSA) is 16.3 Å². The van der Waals surface area contributed by atoms with Crippen LogP contribution in [0, 0.1) is 0 Å². The second-order valence-corrected chi connectivity index (χ2v) is 32.7. The molecule has 0 N–H and O–H groups in total. The van der Waals surface area contributed by atoms with Crippen molar-refractivity contribution in [2.24, 2.45) is 0 Å². The van der Waals surface area contributed by atoms with Crippen LogP contribution in [-0.2, 0) is 0 Å². The Kier molecular flexibility index (Phi) is 18.9. The maximum Gasteiger partial charge on any atom is 0.0553 e. The molecule has 590 valence electrons. The van der Waals surface area contributed by atoms with E-state index in [9.17, 15) is 0 Å². The third-order valence-corrected chi connectivity index (χ3v) is 25.1. The summed E-state index contributed by atoms with van der Waals surface area (Å²) in [6, 6.07) is 184. The first kappa shape index (κ1) is 74.4. The minimum atomic E-state index is 1.02. The van der Waals surface area contributed by atoms with Gasteiger partial charge in [-0.15, -0.1) is 0 Å². The van der Waals surface area contributed by atoms with Gasteiger partial charge >= 0.3 is 0 Å². The van der Waals surface area contributed by atoms with Crippen LogP contribution in [0.15, 0.2) is 497 Å². The van der Waals surface area contributed by atoms with E-state index in [4.69, 9.17) is 0 Å². The normalized spacial score (nSPS) is 11.5. The summed E-state index contributed by atoms with van der Waals surface area (Å²) in [6.07, 6.45) is 0. The first-order valence-electron chi connectivity index (χ1n) is 43.3. The van der Waals surface area contributed by atoms with Crippen molar-refractivity contribution >= 4 is 99.3 Å². The Labute approximate surface area is 733 Å². The first-order chi connectivity index (χ1) is 62.5. The molecule has 0 atom stereocenters. The van der Waals surface area contributed by atoms with E-state index < -0.39 is 0 Å². The molecule has 0 spiro atoms. The lowest BCUT2D eigenvalue weighted by Gasteiger charge is -2.29. The van der Waals surface area contributed by atoms with Crippen molar-refractivity contribution in [3.05, 3.63) is 497 Å². The van der Waals surface area contributed by atoms with Crippen LogP contribution >= 0.6 is 0 Å². The highest BCUT2D eigenvalue weighted by Gasteiger charge is 2.27. The van der Waals surface area contributed by atoms with E-state index in [-0.39, 0.29) is 0 Å². The average molecular weight is 1600 g/mol. The number of benzene rings is 21. The molecule has 0 aliphatic carbocycles. The third kappa shape index (κ3) is 13.6. The van der Waals surface area contributed by atoms with E-state index in [0.29, 0.717) is 0 Å². The predicted octanol–water partition coefficient (Wildman–Crippen LogP) is 33.8. The van der Waals surface area contributed by atoms with Gasteiger partial charge in [0.2, 0.25) is 0 Å². The summed E-state index contributed by atoms with van der Waals surface area (Å²) in [5.74, 6) is 0. The molecule has 0 unspecified atom stereocenters. The first-order valence-corrected chi connectivity index (χ1v) is 43.3. The number of nitrogens with zero attached hydrogens (tertiary/aromatic N) is 4. The van der Waals surface area contributed by atoms with E-state index in [1.165, 1.54) is 65.3 Å². The number of rotatable bonds is 18. The molecule has 126 heavy (non-hydrogen) atoms. The number of hydrogen-bond donors (Lipinski definition) is 0. The molecule has 0 radical (unpaired) electrons. The van der Waals surface area contributed by atoms with Crippen molar-refractivity contribution in [3.63, 3.8) is 0 Å². The van der Waals surface area contributed by atoms with Crippen molar-refractivity contribution < 1.29 is 0 Å². The number of anilines is 6. The van der Waals surface area contributed by atoms with Crippen molar-refractivity contribution in [1.82, 2.24) is 9.13 Å². The zero-order chi connectivity index (χ0) is 83.4. The van der Waals surface area contributed by atoms with Crippen molar-refractivity contribution in [2.75, 3.05) is 9.80 Å². The smallest absolute Gasteiger partial charge is 0.0553 e. The fraction of sp³-hybridized carbons (Fsp3) is 0. The van der Waals surface area contributed by atoms with Crippen LogP contribution in [0.5, 0.6) is 0 Å². The standard InChI is InChI=1S/C122H82N4/c1-8-35-83(36-9-1)96-70-97(84-37-10-2-11-38-84)76-106(75-96)123(104-55-33-49-94(73-104)119-110-58-24-22-45-92(110)81-117-121(119)112-60-27-30-63-115(112)125(117)102-51-18-6-19-52-102)107-77-99(86-41-14-4-15-42-86)72-101(80-107)91-48-32-47-90(69-91)87-65-67-88(68-66-87)100-71-98(85-39-12-3-13-40-85)78-108(79-100)124(114-62-29-26-57-109(114)89-43-16-5-17-44-89)105-56-34-50-95(74-105)120-111-59-25-23-46-93(111)82-118-122(120)113-61-28-31-64-116(113)126(118)103-53-20-7-21-54-103/h1-82H. The van der Waals surface area contributed by atoms with E-state index in [1.807, 2.05) is 0 Å². The summed E-state index contributed by atoms with van der Waals surface area (Å²) >= 11 is 0. The van der Waals surface area contributed by atoms with Gasteiger partial charge in [0, 0.05) is 66.9 Å². The molecule has 2 heterocycles. The molecule has 23 rings (SSSR count). The molecule has 0 saturated carbocycles. The highest BCUT2D eigenvalue weighted by Crippen LogP contribution is 2.52. The van der Waals surface area contributed by atoms with Crippen LogP contribution in [0.2, 0.25) is 0 Å². The number of fused-ring (bicyclic) bond motifs is 8. The zero-order valence-electron chi connectivity index (χ0n) is 69.1. The van der Waals surface area contributed by atoms with Gasteiger partial charge in [0.1, 0.15) is 0 Å². The van der Waals surface area contributed by atoms with Crippen LogP contribution in [0.25, 0.3) is 188 Å². The maximum atomic E-state index is 2.50. The minimum Gasteiger partial charge on any atom is -0.310 e. The number of hydrogen-bond acceptors (Lipinski definition) is 2. The van der Waals surface area contributed by atoms with Crippen LogP contribution in [0.4, 0.5) is 34.1 Å².